The lowest BCUT2D eigenvalue weighted by atomic mass is 10.2. The molecule has 1 N–H and O–H groups in total. The Morgan fingerprint density at radius 1 is 1.26 bits per heavy atom. The van der Waals surface area contributed by atoms with Crippen LogP contribution in [0.1, 0.15) is 17.7 Å². The maximum atomic E-state index is 12.3. The fourth-order valence-electron chi connectivity index (χ4n) is 2.81. The van der Waals surface area contributed by atoms with E-state index in [0.29, 0.717) is 6.54 Å². The summed E-state index contributed by atoms with van der Waals surface area (Å²) in [6, 6.07) is 13.8. The van der Waals surface area contributed by atoms with Gasteiger partial charge in [-0.2, -0.15) is 0 Å². The molecule has 5 heteroatoms. The summed E-state index contributed by atoms with van der Waals surface area (Å²) < 4.78 is 5.73. The third-order valence-corrected chi connectivity index (χ3v) is 4.73. The molecule has 1 atom stereocenters. The van der Waals surface area contributed by atoms with Gasteiger partial charge in [-0.3, -0.25) is 9.69 Å². The van der Waals surface area contributed by atoms with E-state index in [1.165, 1.54) is 4.88 Å². The average Bonchev–Trinajstić information content (AvgIpc) is 3.22. The number of hydrogen-bond acceptors (Lipinski definition) is 4. The van der Waals surface area contributed by atoms with Gasteiger partial charge in [0.05, 0.1) is 12.6 Å². The van der Waals surface area contributed by atoms with Gasteiger partial charge in [-0.15, -0.1) is 11.3 Å². The molecule has 1 aliphatic rings. The molecular weight excluding hydrogens is 308 g/mol. The van der Waals surface area contributed by atoms with Gasteiger partial charge in [0, 0.05) is 30.3 Å². The van der Waals surface area contributed by atoms with Crippen LogP contribution in [0.2, 0.25) is 0 Å². The number of nitrogens with zero attached hydrogens (tertiary/aromatic N) is 1. The molecule has 2 heterocycles. The van der Waals surface area contributed by atoms with Crippen LogP contribution < -0.4 is 5.32 Å². The zero-order chi connectivity index (χ0) is 15.9. The van der Waals surface area contributed by atoms with E-state index < -0.39 is 0 Å². The molecule has 0 radical (unpaired) electrons. The molecule has 0 spiro atoms. The van der Waals surface area contributed by atoms with Gasteiger partial charge in [0.2, 0.25) is 5.91 Å². The number of para-hydroxylation sites is 1. The van der Waals surface area contributed by atoms with E-state index >= 15 is 0 Å². The lowest BCUT2D eigenvalue weighted by molar-refractivity contribution is -0.117. The Bertz CT molecular complexity index is 595. The summed E-state index contributed by atoms with van der Waals surface area (Å²) in [7, 11) is 0. The second-order valence-electron chi connectivity index (χ2n) is 5.80. The van der Waals surface area contributed by atoms with Crippen LogP contribution in [0.4, 0.5) is 5.69 Å². The fourth-order valence-corrected chi connectivity index (χ4v) is 3.56. The Kier molecular flexibility index (Phi) is 5.80. The molecule has 1 saturated heterocycles. The van der Waals surface area contributed by atoms with E-state index in [0.717, 1.165) is 38.2 Å². The number of ether oxygens (including phenoxy) is 1. The highest BCUT2D eigenvalue weighted by Crippen LogP contribution is 2.17. The van der Waals surface area contributed by atoms with Gasteiger partial charge >= 0.3 is 0 Å². The first-order valence-corrected chi connectivity index (χ1v) is 8.89. The normalized spacial score (nSPS) is 17.5. The summed E-state index contributed by atoms with van der Waals surface area (Å²) in [5.74, 6) is 0.0192. The second-order valence-corrected chi connectivity index (χ2v) is 6.83. The molecule has 0 aliphatic carbocycles. The molecular formula is C18H22N2O2S. The van der Waals surface area contributed by atoms with E-state index in [1.54, 1.807) is 11.3 Å². The molecule has 1 aromatic carbocycles. The minimum absolute atomic E-state index is 0.0192. The number of carbonyl (C=O) groups excluding carboxylic acids is 1. The van der Waals surface area contributed by atoms with Crippen molar-refractivity contribution in [2.75, 3.05) is 25.0 Å². The minimum atomic E-state index is 0.0192. The third kappa shape index (κ3) is 5.16. The van der Waals surface area contributed by atoms with Crippen molar-refractivity contribution in [2.45, 2.75) is 25.5 Å². The highest BCUT2D eigenvalue weighted by atomic mass is 32.1. The first-order valence-electron chi connectivity index (χ1n) is 8.01. The van der Waals surface area contributed by atoms with Gasteiger partial charge in [-0.25, -0.2) is 0 Å². The number of amides is 1. The van der Waals surface area contributed by atoms with Crippen LogP contribution in [0.25, 0.3) is 0 Å². The SMILES string of the molecule is O=C(CN(Cc1cccs1)C[C@H]1CCCO1)Nc1ccccc1. The Morgan fingerprint density at radius 3 is 2.83 bits per heavy atom. The van der Waals surface area contributed by atoms with Crippen molar-refractivity contribution in [3.63, 3.8) is 0 Å². The third-order valence-electron chi connectivity index (χ3n) is 3.87. The lowest BCUT2D eigenvalue weighted by Gasteiger charge is -2.24. The highest BCUT2D eigenvalue weighted by Gasteiger charge is 2.21. The summed E-state index contributed by atoms with van der Waals surface area (Å²) in [5.41, 5.74) is 0.839. The smallest absolute Gasteiger partial charge is 0.238 e. The summed E-state index contributed by atoms with van der Waals surface area (Å²) in [6.45, 7) is 2.82. The number of nitrogens with one attached hydrogen (secondary N) is 1. The Labute approximate surface area is 141 Å². The zero-order valence-corrected chi connectivity index (χ0v) is 13.9. The van der Waals surface area contributed by atoms with Gasteiger partial charge < -0.3 is 10.1 Å². The molecule has 0 saturated carbocycles. The van der Waals surface area contributed by atoms with Crippen LogP contribution in [-0.4, -0.2) is 36.6 Å². The number of rotatable bonds is 7. The number of carbonyl (C=O) groups is 1. The topological polar surface area (TPSA) is 41.6 Å². The summed E-state index contributed by atoms with van der Waals surface area (Å²) in [4.78, 5) is 15.8. The Hall–Kier alpha value is -1.69. The van der Waals surface area contributed by atoms with Gasteiger partial charge in [0.1, 0.15) is 0 Å². The molecule has 1 fully saturated rings. The van der Waals surface area contributed by atoms with Crippen LogP contribution in [0.15, 0.2) is 47.8 Å². The molecule has 4 nitrogen and oxygen atoms in total. The van der Waals surface area contributed by atoms with Crippen molar-refractivity contribution >= 4 is 22.9 Å². The maximum absolute atomic E-state index is 12.3. The summed E-state index contributed by atoms with van der Waals surface area (Å²) in [5, 5.41) is 5.03. The van der Waals surface area contributed by atoms with E-state index in [9.17, 15) is 4.79 Å². The van der Waals surface area contributed by atoms with E-state index in [2.05, 4.69) is 21.7 Å². The van der Waals surface area contributed by atoms with E-state index in [1.807, 2.05) is 36.4 Å². The number of benzene rings is 1. The predicted octanol–water partition coefficient (Wildman–Crippen LogP) is 3.37. The summed E-state index contributed by atoms with van der Waals surface area (Å²) >= 11 is 1.73. The lowest BCUT2D eigenvalue weighted by Crippen LogP contribution is -2.37. The van der Waals surface area contributed by atoms with Crippen LogP contribution in [0.3, 0.4) is 0 Å². The van der Waals surface area contributed by atoms with Crippen LogP contribution in [0.5, 0.6) is 0 Å². The van der Waals surface area contributed by atoms with Crippen molar-refractivity contribution in [2.24, 2.45) is 0 Å². The van der Waals surface area contributed by atoms with Gasteiger partial charge in [0.15, 0.2) is 0 Å². The monoisotopic (exact) mass is 330 g/mol. The van der Waals surface area contributed by atoms with Crippen LogP contribution in [0, 0.1) is 0 Å². The summed E-state index contributed by atoms with van der Waals surface area (Å²) in [6.07, 6.45) is 2.45. The molecule has 23 heavy (non-hydrogen) atoms. The predicted molar refractivity (Wildman–Crippen MR) is 93.6 cm³/mol. The maximum Gasteiger partial charge on any atom is 0.238 e. The van der Waals surface area contributed by atoms with Crippen molar-refractivity contribution in [1.29, 1.82) is 0 Å². The molecule has 1 aromatic heterocycles. The Balaban J connectivity index is 1.58. The van der Waals surface area contributed by atoms with Crippen molar-refractivity contribution in [1.82, 2.24) is 4.90 Å². The first kappa shape index (κ1) is 16.2. The van der Waals surface area contributed by atoms with Crippen molar-refractivity contribution < 1.29 is 9.53 Å². The Morgan fingerprint density at radius 2 is 2.13 bits per heavy atom. The largest absolute Gasteiger partial charge is 0.377 e. The van der Waals surface area contributed by atoms with E-state index in [-0.39, 0.29) is 12.0 Å². The number of hydrogen-bond donors (Lipinski definition) is 1. The number of thiophene rings is 1. The molecule has 1 amide bonds. The second kappa shape index (κ2) is 8.24. The van der Waals surface area contributed by atoms with Gasteiger partial charge in [0.25, 0.3) is 0 Å². The molecule has 2 aromatic rings. The zero-order valence-electron chi connectivity index (χ0n) is 13.1. The quantitative estimate of drug-likeness (QED) is 0.846. The van der Waals surface area contributed by atoms with E-state index in [4.69, 9.17) is 4.74 Å². The minimum Gasteiger partial charge on any atom is -0.377 e. The standard InChI is InChI=1S/C18H22N2O2S/c21-18(19-15-6-2-1-3-7-15)14-20(12-16-8-4-10-22-16)13-17-9-5-11-23-17/h1-3,5-7,9,11,16H,4,8,10,12-14H2,(H,19,21)/t16-/m1/s1. The first-order chi connectivity index (χ1) is 11.3. The van der Waals surface area contributed by atoms with Gasteiger partial charge in [-0.05, 0) is 36.4 Å². The highest BCUT2D eigenvalue weighted by molar-refractivity contribution is 7.09. The molecule has 1 aliphatic heterocycles. The van der Waals surface area contributed by atoms with Gasteiger partial charge in [-0.1, -0.05) is 24.3 Å². The molecule has 0 bridgehead atoms. The molecule has 122 valence electrons. The fraction of sp³-hybridized carbons (Fsp3) is 0.389. The van der Waals surface area contributed by atoms with Crippen molar-refractivity contribution in [3.05, 3.63) is 52.7 Å². The van der Waals surface area contributed by atoms with Crippen molar-refractivity contribution in [3.8, 4) is 0 Å². The molecule has 3 rings (SSSR count). The number of anilines is 1. The van der Waals surface area contributed by atoms with Crippen LogP contribution in [-0.2, 0) is 16.1 Å². The van der Waals surface area contributed by atoms with Crippen LogP contribution >= 0.6 is 11.3 Å². The molecule has 0 unspecified atom stereocenters. The average molecular weight is 330 g/mol.